The molecule has 0 aromatic heterocycles. The van der Waals surface area contributed by atoms with Gasteiger partial charge in [0.1, 0.15) is 0 Å². The van der Waals surface area contributed by atoms with Gasteiger partial charge in [0, 0.05) is 26.4 Å². The molecule has 96 valence electrons. The molecule has 1 aliphatic rings. The van der Waals surface area contributed by atoms with Crippen LogP contribution in [0.5, 0.6) is 0 Å². The molecule has 1 heterocycles. The van der Waals surface area contributed by atoms with E-state index in [1.54, 1.807) is 4.90 Å². The Morgan fingerprint density at radius 1 is 1.29 bits per heavy atom. The molecule has 0 aromatic rings. The van der Waals surface area contributed by atoms with Crippen LogP contribution in [-0.4, -0.2) is 42.3 Å². The van der Waals surface area contributed by atoms with E-state index >= 15 is 0 Å². The van der Waals surface area contributed by atoms with Crippen LogP contribution in [0.2, 0.25) is 0 Å². The maximum Gasteiger partial charge on any atom is 0.241 e. The van der Waals surface area contributed by atoms with Crippen molar-refractivity contribution in [2.75, 3.05) is 19.6 Å². The van der Waals surface area contributed by atoms with Crippen molar-refractivity contribution in [3.8, 4) is 0 Å². The molecule has 3 amide bonds. The molecule has 0 radical (unpaired) electrons. The molecular formula is C11H19N3O3. The van der Waals surface area contributed by atoms with Crippen molar-refractivity contribution in [2.24, 2.45) is 11.7 Å². The normalized spacial score (nSPS) is 16.6. The van der Waals surface area contributed by atoms with Gasteiger partial charge >= 0.3 is 0 Å². The zero-order valence-electron chi connectivity index (χ0n) is 10.1. The zero-order valence-corrected chi connectivity index (χ0v) is 10.1. The van der Waals surface area contributed by atoms with Crippen molar-refractivity contribution in [3.63, 3.8) is 0 Å². The van der Waals surface area contributed by atoms with Crippen LogP contribution >= 0.6 is 0 Å². The Morgan fingerprint density at radius 3 is 2.35 bits per heavy atom. The van der Waals surface area contributed by atoms with E-state index in [4.69, 9.17) is 5.73 Å². The third-order valence-electron chi connectivity index (χ3n) is 2.95. The third kappa shape index (κ3) is 4.84. The minimum Gasteiger partial charge on any atom is -0.370 e. The summed E-state index contributed by atoms with van der Waals surface area (Å²) in [5.74, 6) is -0.273. The van der Waals surface area contributed by atoms with Crippen molar-refractivity contribution >= 4 is 17.7 Å². The van der Waals surface area contributed by atoms with Crippen LogP contribution in [0.3, 0.4) is 0 Å². The van der Waals surface area contributed by atoms with E-state index < -0.39 is 0 Å². The smallest absolute Gasteiger partial charge is 0.241 e. The molecule has 1 rings (SSSR count). The largest absolute Gasteiger partial charge is 0.370 e. The predicted octanol–water partition coefficient (Wildman–Crippen LogP) is -0.763. The van der Waals surface area contributed by atoms with E-state index in [9.17, 15) is 14.4 Å². The first kappa shape index (κ1) is 13.5. The van der Waals surface area contributed by atoms with Crippen molar-refractivity contribution in [1.82, 2.24) is 10.2 Å². The SMILES string of the molecule is CC(=O)NCC(=O)N1CCC(CC(N)=O)CC1. The number of carbonyl (C=O) groups is 3. The molecule has 0 unspecified atom stereocenters. The van der Waals surface area contributed by atoms with Crippen molar-refractivity contribution in [2.45, 2.75) is 26.2 Å². The number of nitrogens with two attached hydrogens (primary N) is 1. The fraction of sp³-hybridized carbons (Fsp3) is 0.727. The first-order valence-corrected chi connectivity index (χ1v) is 5.79. The summed E-state index contributed by atoms with van der Waals surface area (Å²) in [5.41, 5.74) is 5.13. The Hall–Kier alpha value is -1.59. The van der Waals surface area contributed by atoms with E-state index in [0.717, 1.165) is 12.8 Å². The lowest BCUT2D eigenvalue weighted by molar-refractivity contribution is -0.133. The molecule has 6 heteroatoms. The number of rotatable bonds is 4. The van der Waals surface area contributed by atoms with Gasteiger partial charge in [-0.25, -0.2) is 0 Å². The lowest BCUT2D eigenvalue weighted by Crippen LogP contribution is -2.44. The number of hydrogen-bond acceptors (Lipinski definition) is 3. The zero-order chi connectivity index (χ0) is 12.8. The van der Waals surface area contributed by atoms with E-state index in [2.05, 4.69) is 5.32 Å². The van der Waals surface area contributed by atoms with Crippen LogP contribution in [0, 0.1) is 5.92 Å². The number of likely N-dealkylation sites (tertiary alicyclic amines) is 1. The Balaban J connectivity index is 2.28. The number of carbonyl (C=O) groups excluding carboxylic acids is 3. The molecule has 1 fully saturated rings. The van der Waals surface area contributed by atoms with Gasteiger partial charge < -0.3 is 16.0 Å². The molecule has 0 spiro atoms. The standard InChI is InChI=1S/C11H19N3O3/c1-8(15)13-7-11(17)14-4-2-9(3-5-14)6-10(12)16/h9H,2-7H2,1H3,(H2,12,16)(H,13,15). The molecule has 6 nitrogen and oxygen atoms in total. The predicted molar refractivity (Wildman–Crippen MR) is 61.8 cm³/mol. The van der Waals surface area contributed by atoms with Crippen LogP contribution in [-0.2, 0) is 14.4 Å². The van der Waals surface area contributed by atoms with E-state index in [1.165, 1.54) is 6.92 Å². The number of piperidine rings is 1. The Bertz CT molecular complexity index is 309. The van der Waals surface area contributed by atoms with Gasteiger partial charge in [0.05, 0.1) is 6.54 Å². The Labute approximate surface area is 101 Å². The van der Waals surface area contributed by atoms with Crippen molar-refractivity contribution < 1.29 is 14.4 Å². The summed E-state index contributed by atoms with van der Waals surface area (Å²) in [6, 6.07) is 0. The van der Waals surface area contributed by atoms with Crippen LogP contribution in [0.15, 0.2) is 0 Å². The fourth-order valence-corrected chi connectivity index (χ4v) is 1.98. The average molecular weight is 241 g/mol. The number of nitrogens with one attached hydrogen (secondary N) is 1. The molecule has 0 aliphatic carbocycles. The summed E-state index contributed by atoms with van der Waals surface area (Å²) in [5, 5.41) is 2.48. The van der Waals surface area contributed by atoms with E-state index in [0.29, 0.717) is 19.5 Å². The second-order valence-corrected chi connectivity index (χ2v) is 4.40. The quantitative estimate of drug-likeness (QED) is 0.677. The first-order chi connectivity index (χ1) is 7.99. The highest BCUT2D eigenvalue weighted by molar-refractivity contribution is 5.83. The monoisotopic (exact) mass is 241 g/mol. The summed E-state index contributed by atoms with van der Waals surface area (Å²) in [6.07, 6.45) is 2.00. The van der Waals surface area contributed by atoms with Crippen LogP contribution in [0.1, 0.15) is 26.2 Å². The summed E-state index contributed by atoms with van der Waals surface area (Å²) < 4.78 is 0. The molecule has 1 saturated heterocycles. The highest BCUT2D eigenvalue weighted by Gasteiger charge is 2.23. The topological polar surface area (TPSA) is 92.5 Å². The van der Waals surface area contributed by atoms with Crippen LogP contribution in [0.4, 0.5) is 0 Å². The first-order valence-electron chi connectivity index (χ1n) is 5.79. The minimum absolute atomic E-state index is 0.0514. The van der Waals surface area contributed by atoms with Crippen LogP contribution < -0.4 is 11.1 Å². The van der Waals surface area contributed by atoms with Crippen LogP contribution in [0.25, 0.3) is 0 Å². The molecule has 1 aliphatic heterocycles. The Kier molecular flexibility index (Phi) is 4.93. The number of hydrogen-bond donors (Lipinski definition) is 2. The highest BCUT2D eigenvalue weighted by atomic mass is 16.2. The molecule has 0 bridgehead atoms. The van der Waals surface area contributed by atoms with Gasteiger partial charge in [0.25, 0.3) is 0 Å². The Morgan fingerprint density at radius 2 is 1.88 bits per heavy atom. The summed E-state index contributed by atoms with van der Waals surface area (Å²) in [4.78, 5) is 34.8. The number of primary amides is 1. The third-order valence-corrected chi connectivity index (χ3v) is 2.95. The molecule has 3 N–H and O–H groups in total. The van der Waals surface area contributed by atoms with Gasteiger partial charge in [0.15, 0.2) is 0 Å². The number of nitrogens with zero attached hydrogens (tertiary/aromatic N) is 1. The van der Waals surface area contributed by atoms with Gasteiger partial charge in [-0.2, -0.15) is 0 Å². The second-order valence-electron chi connectivity index (χ2n) is 4.40. The van der Waals surface area contributed by atoms with Gasteiger partial charge in [0.2, 0.25) is 17.7 Å². The maximum absolute atomic E-state index is 11.7. The highest BCUT2D eigenvalue weighted by Crippen LogP contribution is 2.19. The lowest BCUT2D eigenvalue weighted by atomic mass is 9.93. The summed E-state index contributed by atoms with van der Waals surface area (Å²) in [7, 11) is 0. The second kappa shape index (κ2) is 6.22. The van der Waals surface area contributed by atoms with Gasteiger partial charge in [-0.3, -0.25) is 14.4 Å². The molecule has 17 heavy (non-hydrogen) atoms. The average Bonchev–Trinajstić information content (AvgIpc) is 2.26. The van der Waals surface area contributed by atoms with Crippen molar-refractivity contribution in [3.05, 3.63) is 0 Å². The molecule has 0 aromatic carbocycles. The van der Waals surface area contributed by atoms with Gasteiger partial charge in [-0.05, 0) is 18.8 Å². The molecular weight excluding hydrogens is 222 g/mol. The summed E-state index contributed by atoms with van der Waals surface area (Å²) in [6.45, 7) is 2.70. The van der Waals surface area contributed by atoms with Gasteiger partial charge in [-0.15, -0.1) is 0 Å². The van der Waals surface area contributed by atoms with Gasteiger partial charge in [-0.1, -0.05) is 0 Å². The number of amides is 3. The fourth-order valence-electron chi connectivity index (χ4n) is 1.98. The maximum atomic E-state index is 11.7. The van der Waals surface area contributed by atoms with E-state index in [-0.39, 0.29) is 30.2 Å². The molecule has 0 saturated carbocycles. The molecule has 0 atom stereocenters. The summed E-state index contributed by atoms with van der Waals surface area (Å²) >= 11 is 0. The lowest BCUT2D eigenvalue weighted by Gasteiger charge is -2.31. The van der Waals surface area contributed by atoms with Crippen molar-refractivity contribution in [1.29, 1.82) is 0 Å². The van der Waals surface area contributed by atoms with E-state index in [1.807, 2.05) is 0 Å². The minimum atomic E-state index is -0.284.